The number of rotatable bonds is 5. The van der Waals surface area contributed by atoms with Crippen molar-refractivity contribution < 1.29 is 13.2 Å². The van der Waals surface area contributed by atoms with Gasteiger partial charge in [0.2, 0.25) is 0 Å². The number of pyridine rings is 1. The van der Waals surface area contributed by atoms with E-state index in [1.54, 1.807) is 6.07 Å². The lowest BCUT2D eigenvalue weighted by Gasteiger charge is -2.10. The molecule has 1 aliphatic rings. The first kappa shape index (κ1) is 13.3. The maximum atomic E-state index is 11.9. The molecule has 0 aromatic carbocycles. The van der Waals surface area contributed by atoms with Crippen LogP contribution >= 0.6 is 0 Å². The zero-order valence-corrected chi connectivity index (χ0v) is 10.8. The summed E-state index contributed by atoms with van der Waals surface area (Å²) in [6, 6.07) is 3.12. The Hall–Kier alpha value is -1.18. The van der Waals surface area contributed by atoms with E-state index in [0.717, 1.165) is 19.4 Å². The molecule has 0 radical (unpaired) electrons. The van der Waals surface area contributed by atoms with Crippen molar-refractivity contribution in [2.45, 2.75) is 17.9 Å². The Morgan fingerprint density at radius 2 is 2.39 bits per heavy atom. The average molecular weight is 271 g/mol. The summed E-state index contributed by atoms with van der Waals surface area (Å²) in [7, 11) is -3.61. The van der Waals surface area contributed by atoms with E-state index in [4.69, 9.17) is 10.5 Å². The highest BCUT2D eigenvalue weighted by molar-refractivity contribution is 7.89. The Morgan fingerprint density at radius 3 is 3.06 bits per heavy atom. The Bertz CT molecular complexity index is 498. The molecular weight excluding hydrogens is 254 g/mol. The molecule has 0 amide bonds. The number of anilines is 1. The van der Waals surface area contributed by atoms with Gasteiger partial charge in [-0.25, -0.2) is 18.1 Å². The van der Waals surface area contributed by atoms with E-state index in [1.165, 1.54) is 12.3 Å². The van der Waals surface area contributed by atoms with Crippen LogP contribution in [0.3, 0.4) is 0 Å². The third-order valence-electron chi connectivity index (χ3n) is 2.92. The summed E-state index contributed by atoms with van der Waals surface area (Å²) < 4.78 is 31.6. The predicted molar refractivity (Wildman–Crippen MR) is 67.4 cm³/mol. The number of nitrogen functional groups attached to an aromatic ring is 1. The molecule has 1 fully saturated rings. The van der Waals surface area contributed by atoms with Crippen LogP contribution in [-0.2, 0) is 14.8 Å². The lowest BCUT2D eigenvalue weighted by atomic mass is 10.1. The zero-order valence-electron chi connectivity index (χ0n) is 10.0. The second-order valence-electron chi connectivity index (χ2n) is 4.31. The van der Waals surface area contributed by atoms with Gasteiger partial charge in [-0.1, -0.05) is 0 Å². The second kappa shape index (κ2) is 5.64. The zero-order chi connectivity index (χ0) is 13.0. The van der Waals surface area contributed by atoms with Crippen LogP contribution in [0.25, 0.3) is 0 Å². The minimum Gasteiger partial charge on any atom is -0.396 e. The van der Waals surface area contributed by atoms with Gasteiger partial charge in [0.1, 0.15) is 0 Å². The smallest absolute Gasteiger partial charge is 0.260 e. The van der Waals surface area contributed by atoms with Crippen LogP contribution in [0.2, 0.25) is 0 Å². The van der Waals surface area contributed by atoms with Gasteiger partial charge < -0.3 is 10.5 Å². The largest absolute Gasteiger partial charge is 0.396 e. The third-order valence-corrected chi connectivity index (χ3v) is 4.36. The van der Waals surface area contributed by atoms with Crippen LogP contribution in [0.15, 0.2) is 23.4 Å². The second-order valence-corrected chi connectivity index (χ2v) is 6.00. The van der Waals surface area contributed by atoms with Crippen molar-refractivity contribution in [1.82, 2.24) is 9.71 Å². The summed E-state index contributed by atoms with van der Waals surface area (Å²) in [5, 5.41) is -0.104. The number of hydrogen-bond donors (Lipinski definition) is 2. The van der Waals surface area contributed by atoms with E-state index in [0.29, 0.717) is 19.1 Å². The van der Waals surface area contributed by atoms with Gasteiger partial charge in [0.05, 0.1) is 5.69 Å². The van der Waals surface area contributed by atoms with Crippen molar-refractivity contribution in [3.63, 3.8) is 0 Å². The van der Waals surface area contributed by atoms with E-state index in [-0.39, 0.29) is 10.7 Å². The molecule has 0 saturated carbocycles. The average Bonchev–Trinajstić information content (AvgIpc) is 2.82. The molecule has 1 unspecified atom stereocenters. The van der Waals surface area contributed by atoms with Crippen molar-refractivity contribution in [2.24, 2.45) is 5.92 Å². The van der Waals surface area contributed by atoms with E-state index in [9.17, 15) is 8.42 Å². The molecule has 1 aromatic heterocycles. The molecule has 18 heavy (non-hydrogen) atoms. The summed E-state index contributed by atoms with van der Waals surface area (Å²) in [4.78, 5) is 3.80. The monoisotopic (exact) mass is 271 g/mol. The van der Waals surface area contributed by atoms with Gasteiger partial charge in [0, 0.05) is 26.0 Å². The van der Waals surface area contributed by atoms with Crippen molar-refractivity contribution in [3.05, 3.63) is 18.3 Å². The van der Waals surface area contributed by atoms with Crippen LogP contribution in [0, 0.1) is 5.92 Å². The molecule has 1 atom stereocenters. The fourth-order valence-electron chi connectivity index (χ4n) is 1.90. The van der Waals surface area contributed by atoms with E-state index >= 15 is 0 Å². The maximum absolute atomic E-state index is 11.9. The Labute approximate surface area is 107 Å². The third kappa shape index (κ3) is 3.18. The van der Waals surface area contributed by atoms with E-state index in [1.807, 2.05) is 0 Å². The normalized spacial score (nSPS) is 20.1. The number of nitrogens with zero attached hydrogens (tertiary/aromatic N) is 1. The molecule has 0 bridgehead atoms. The van der Waals surface area contributed by atoms with Crippen molar-refractivity contribution in [3.8, 4) is 0 Å². The Balaban J connectivity index is 1.93. The molecule has 0 aliphatic carbocycles. The number of sulfonamides is 1. The summed E-state index contributed by atoms with van der Waals surface area (Å²) in [5.41, 5.74) is 5.76. The first-order valence-electron chi connectivity index (χ1n) is 5.87. The van der Waals surface area contributed by atoms with Gasteiger partial charge in [-0.2, -0.15) is 0 Å². The first-order chi connectivity index (χ1) is 8.59. The molecule has 3 N–H and O–H groups in total. The molecule has 1 aromatic rings. The number of hydrogen-bond acceptors (Lipinski definition) is 5. The van der Waals surface area contributed by atoms with Crippen LogP contribution < -0.4 is 10.5 Å². The maximum Gasteiger partial charge on any atom is 0.260 e. The van der Waals surface area contributed by atoms with Crippen molar-refractivity contribution in [1.29, 1.82) is 0 Å². The van der Waals surface area contributed by atoms with E-state index < -0.39 is 10.0 Å². The Kier molecular flexibility index (Phi) is 4.15. The molecule has 0 spiro atoms. The summed E-state index contributed by atoms with van der Waals surface area (Å²) in [6.45, 7) is 1.87. The molecular formula is C11H17N3O3S. The molecule has 100 valence electrons. The molecule has 7 heteroatoms. The lowest BCUT2D eigenvalue weighted by molar-refractivity contribution is 0.184. The van der Waals surface area contributed by atoms with Crippen LogP contribution in [-0.4, -0.2) is 33.2 Å². The molecule has 2 rings (SSSR count). The van der Waals surface area contributed by atoms with Crippen molar-refractivity contribution >= 4 is 15.7 Å². The topological polar surface area (TPSA) is 94.3 Å². The van der Waals surface area contributed by atoms with Gasteiger partial charge in [-0.05, 0) is 30.9 Å². The molecule has 1 aliphatic heterocycles. The van der Waals surface area contributed by atoms with Gasteiger partial charge in [-0.3, -0.25) is 0 Å². The minimum absolute atomic E-state index is 0.104. The van der Waals surface area contributed by atoms with E-state index in [2.05, 4.69) is 9.71 Å². The summed E-state index contributed by atoms with van der Waals surface area (Å²) in [6.07, 6.45) is 3.18. The standard InChI is InChI=1S/C11H17N3O3S/c12-10-2-1-5-13-11(10)18(15,16)14-6-3-9-4-7-17-8-9/h1-2,5,9,14H,3-4,6-8,12H2. The number of ether oxygens (including phenoxy) is 1. The van der Waals surface area contributed by atoms with Gasteiger partial charge in [0.25, 0.3) is 10.0 Å². The number of nitrogens with one attached hydrogen (secondary N) is 1. The van der Waals surface area contributed by atoms with Crippen LogP contribution in [0.4, 0.5) is 5.69 Å². The lowest BCUT2D eigenvalue weighted by Crippen LogP contribution is -2.27. The summed E-state index contributed by atoms with van der Waals surface area (Å²) >= 11 is 0. The summed E-state index contributed by atoms with van der Waals surface area (Å²) in [5.74, 6) is 0.439. The number of nitrogens with two attached hydrogens (primary N) is 1. The highest BCUT2D eigenvalue weighted by atomic mass is 32.2. The Morgan fingerprint density at radius 1 is 1.56 bits per heavy atom. The van der Waals surface area contributed by atoms with Crippen molar-refractivity contribution in [2.75, 3.05) is 25.5 Å². The van der Waals surface area contributed by atoms with Gasteiger partial charge in [0.15, 0.2) is 5.03 Å². The molecule has 1 saturated heterocycles. The van der Waals surface area contributed by atoms with Gasteiger partial charge in [-0.15, -0.1) is 0 Å². The highest BCUT2D eigenvalue weighted by Gasteiger charge is 2.20. The van der Waals surface area contributed by atoms with Gasteiger partial charge >= 0.3 is 0 Å². The van der Waals surface area contributed by atoms with Crippen LogP contribution in [0.1, 0.15) is 12.8 Å². The number of aromatic nitrogens is 1. The predicted octanol–water partition coefficient (Wildman–Crippen LogP) is 0.369. The fraction of sp³-hybridized carbons (Fsp3) is 0.545. The molecule has 2 heterocycles. The minimum atomic E-state index is -3.61. The van der Waals surface area contributed by atoms with Crippen LogP contribution in [0.5, 0.6) is 0 Å². The quantitative estimate of drug-likeness (QED) is 0.807. The highest BCUT2D eigenvalue weighted by Crippen LogP contribution is 2.17. The molecule has 6 nitrogen and oxygen atoms in total. The fourth-order valence-corrected chi connectivity index (χ4v) is 3.01. The first-order valence-corrected chi connectivity index (χ1v) is 7.36. The SMILES string of the molecule is Nc1cccnc1S(=O)(=O)NCCC1CCOC1.